The number of rotatable bonds is 2. The van der Waals surface area contributed by atoms with E-state index in [0.29, 0.717) is 22.1 Å². The van der Waals surface area contributed by atoms with Crippen molar-refractivity contribution in [2.24, 2.45) is 7.05 Å². The molecule has 0 saturated carbocycles. The molecule has 35 heavy (non-hydrogen) atoms. The molecule has 11 heteroatoms. The van der Waals surface area contributed by atoms with E-state index in [9.17, 15) is 23.9 Å². The van der Waals surface area contributed by atoms with Gasteiger partial charge in [-0.2, -0.15) is 10.2 Å². The lowest BCUT2D eigenvalue weighted by atomic mass is 9.85. The Kier molecular flexibility index (Phi) is 4.55. The first-order chi connectivity index (χ1) is 16.9. The van der Waals surface area contributed by atoms with Crippen LogP contribution in [0.25, 0.3) is 28.1 Å². The summed E-state index contributed by atoms with van der Waals surface area (Å²) in [7, 11) is 1.57. The van der Waals surface area contributed by atoms with E-state index >= 15 is 0 Å². The topological polar surface area (TPSA) is 115 Å². The van der Waals surface area contributed by atoms with Crippen molar-refractivity contribution in [3.63, 3.8) is 0 Å². The number of imidazole rings is 2. The molecular weight excluding hydrogens is 456 g/mol. The zero-order chi connectivity index (χ0) is 24.4. The van der Waals surface area contributed by atoms with E-state index in [4.69, 9.17) is 0 Å². The summed E-state index contributed by atoms with van der Waals surface area (Å²) in [5.74, 6) is -1.42. The molecule has 2 aromatic carbocycles. The Bertz CT molecular complexity index is 1760. The van der Waals surface area contributed by atoms with Gasteiger partial charge in [0.25, 0.3) is 0 Å². The second kappa shape index (κ2) is 7.54. The molecule has 3 aromatic heterocycles. The second-order valence-corrected chi connectivity index (χ2v) is 8.52. The van der Waals surface area contributed by atoms with Gasteiger partial charge in [0.15, 0.2) is 5.65 Å². The van der Waals surface area contributed by atoms with Gasteiger partial charge in [-0.05, 0) is 42.7 Å². The molecule has 1 N–H and O–H groups in total. The number of aromatic nitrogens is 6. The van der Waals surface area contributed by atoms with Crippen molar-refractivity contribution in [1.82, 2.24) is 28.7 Å². The molecule has 0 fully saturated rings. The Labute approximate surface area is 196 Å². The zero-order valence-electron chi connectivity index (χ0n) is 18.4. The molecule has 5 aromatic rings. The lowest BCUT2D eigenvalue weighted by Crippen LogP contribution is -2.30. The Balaban J connectivity index is 1.59. The van der Waals surface area contributed by atoms with Gasteiger partial charge in [-0.25, -0.2) is 23.5 Å². The van der Waals surface area contributed by atoms with Crippen LogP contribution in [0.1, 0.15) is 41.7 Å². The number of benzene rings is 2. The molecule has 0 unspecified atom stereocenters. The minimum Gasteiger partial charge on any atom is -0.388 e. The Hall–Kier alpha value is -4.43. The largest absolute Gasteiger partial charge is 0.388 e. The smallest absolute Gasteiger partial charge is 0.330 e. The van der Waals surface area contributed by atoms with Gasteiger partial charge in [-0.1, -0.05) is 0 Å². The van der Waals surface area contributed by atoms with Crippen LogP contribution in [0.2, 0.25) is 0 Å². The van der Waals surface area contributed by atoms with Gasteiger partial charge >= 0.3 is 5.69 Å². The molecule has 9 nitrogen and oxygen atoms in total. The summed E-state index contributed by atoms with van der Waals surface area (Å²) in [6.45, 7) is 0. The third kappa shape index (κ3) is 3.07. The number of nitriles is 1. The maximum atomic E-state index is 14.6. The minimum absolute atomic E-state index is 0.00882. The average Bonchev–Trinajstić information content (AvgIpc) is 3.37. The number of halogens is 2. The highest BCUT2D eigenvalue weighted by Gasteiger charge is 2.33. The third-order valence-electron chi connectivity index (χ3n) is 6.56. The predicted octanol–water partition coefficient (Wildman–Crippen LogP) is 3.04. The highest BCUT2D eigenvalue weighted by molar-refractivity contribution is 5.79. The Morgan fingerprint density at radius 1 is 1.14 bits per heavy atom. The minimum atomic E-state index is -1.09. The monoisotopic (exact) mass is 473 g/mol. The number of aryl methyl sites for hydroxylation is 1. The standard InChI is InChI=1S/C24H17F2N7O2/c1-31-19-10-28-23(32-11-29-16-3-2-12(9-27)6-18(16)32)30-22(19)33(24(31)35)17-4-5-20(34)21-14(17)7-13(25)8-15(21)26/h2-3,6-8,10-11,17,20,34H,4-5H2,1H3/t17-,20-/m0/s1. The van der Waals surface area contributed by atoms with Crippen LogP contribution in [-0.2, 0) is 7.05 Å². The Morgan fingerprint density at radius 3 is 2.77 bits per heavy atom. The van der Waals surface area contributed by atoms with Gasteiger partial charge in [-0.3, -0.25) is 13.7 Å². The summed E-state index contributed by atoms with van der Waals surface area (Å²) in [5, 5.41) is 19.7. The van der Waals surface area contributed by atoms with Gasteiger partial charge in [0.05, 0.1) is 41.0 Å². The van der Waals surface area contributed by atoms with Crippen LogP contribution >= 0.6 is 0 Å². The number of fused-ring (bicyclic) bond motifs is 3. The van der Waals surface area contributed by atoms with Crippen LogP contribution in [0.5, 0.6) is 0 Å². The maximum Gasteiger partial charge on any atom is 0.330 e. The first kappa shape index (κ1) is 21.1. The molecule has 1 aliphatic carbocycles. The normalized spacial score (nSPS) is 17.6. The highest BCUT2D eigenvalue weighted by Crippen LogP contribution is 2.40. The van der Waals surface area contributed by atoms with Gasteiger partial charge in [0, 0.05) is 18.7 Å². The van der Waals surface area contributed by atoms with Crippen molar-refractivity contribution >= 4 is 22.2 Å². The molecule has 0 radical (unpaired) electrons. The number of hydrogen-bond acceptors (Lipinski definition) is 6. The van der Waals surface area contributed by atoms with Crippen LogP contribution in [0, 0.1) is 23.0 Å². The molecule has 6 rings (SSSR count). The molecule has 0 saturated heterocycles. The predicted molar refractivity (Wildman–Crippen MR) is 121 cm³/mol. The van der Waals surface area contributed by atoms with Gasteiger partial charge in [0.2, 0.25) is 5.95 Å². The van der Waals surface area contributed by atoms with Gasteiger partial charge in [-0.15, -0.1) is 0 Å². The van der Waals surface area contributed by atoms with Crippen LogP contribution < -0.4 is 5.69 Å². The van der Waals surface area contributed by atoms with Crippen LogP contribution in [0.4, 0.5) is 8.78 Å². The average molecular weight is 473 g/mol. The van der Waals surface area contributed by atoms with E-state index in [1.54, 1.807) is 29.8 Å². The molecular formula is C24H17F2N7O2. The van der Waals surface area contributed by atoms with Crippen molar-refractivity contribution in [1.29, 1.82) is 5.26 Å². The van der Waals surface area contributed by atoms with Crippen molar-refractivity contribution in [2.75, 3.05) is 0 Å². The summed E-state index contributed by atoms with van der Waals surface area (Å²) in [4.78, 5) is 26.7. The van der Waals surface area contributed by atoms with E-state index in [1.165, 1.54) is 21.7 Å². The highest BCUT2D eigenvalue weighted by atomic mass is 19.1. The SMILES string of the molecule is Cn1c(=O)n([C@H]2CC[C@H](O)c3c(F)cc(F)cc32)c2nc(-n3cnc4ccc(C#N)cc43)ncc21. The van der Waals surface area contributed by atoms with Crippen LogP contribution in [-0.4, -0.2) is 33.8 Å². The summed E-state index contributed by atoms with van der Waals surface area (Å²) in [6, 6.07) is 8.29. The van der Waals surface area contributed by atoms with E-state index < -0.39 is 29.5 Å². The molecule has 2 atom stereocenters. The van der Waals surface area contributed by atoms with Crippen LogP contribution in [0.3, 0.4) is 0 Å². The molecule has 3 heterocycles. The lowest BCUT2D eigenvalue weighted by Gasteiger charge is -2.30. The number of nitrogens with zero attached hydrogens (tertiary/aromatic N) is 7. The summed E-state index contributed by atoms with van der Waals surface area (Å²) in [6.07, 6.45) is 2.42. The quantitative estimate of drug-likeness (QED) is 0.422. The van der Waals surface area contributed by atoms with Crippen LogP contribution in [0.15, 0.2) is 47.7 Å². The van der Waals surface area contributed by atoms with Gasteiger partial charge in [0.1, 0.15) is 23.5 Å². The fourth-order valence-corrected chi connectivity index (χ4v) is 4.88. The number of hydrogen-bond donors (Lipinski definition) is 1. The van der Waals surface area contributed by atoms with E-state index in [-0.39, 0.29) is 35.6 Å². The number of aliphatic hydroxyl groups is 1. The zero-order valence-corrected chi connectivity index (χ0v) is 18.4. The maximum absolute atomic E-state index is 14.6. The van der Waals surface area contributed by atoms with Crippen molar-refractivity contribution in [3.05, 3.63) is 81.7 Å². The first-order valence-corrected chi connectivity index (χ1v) is 10.9. The second-order valence-electron chi connectivity index (χ2n) is 8.52. The van der Waals surface area contributed by atoms with E-state index in [1.807, 2.05) is 0 Å². The molecule has 1 aliphatic rings. The van der Waals surface area contributed by atoms with Crippen molar-refractivity contribution in [3.8, 4) is 12.0 Å². The molecule has 0 bridgehead atoms. The first-order valence-electron chi connectivity index (χ1n) is 10.9. The fourth-order valence-electron chi connectivity index (χ4n) is 4.88. The van der Waals surface area contributed by atoms with E-state index in [2.05, 4.69) is 21.0 Å². The Morgan fingerprint density at radius 2 is 1.97 bits per heavy atom. The summed E-state index contributed by atoms with van der Waals surface area (Å²) >= 11 is 0. The number of aliphatic hydroxyl groups excluding tert-OH is 1. The molecule has 0 aliphatic heterocycles. The van der Waals surface area contributed by atoms with E-state index in [0.717, 1.165) is 12.1 Å². The third-order valence-corrected chi connectivity index (χ3v) is 6.56. The van der Waals surface area contributed by atoms with Crippen molar-refractivity contribution < 1.29 is 13.9 Å². The molecule has 174 valence electrons. The molecule has 0 spiro atoms. The summed E-state index contributed by atoms with van der Waals surface area (Å²) in [5.41, 5.74) is 2.18. The fraction of sp³-hybridized carbons (Fsp3) is 0.208. The summed E-state index contributed by atoms with van der Waals surface area (Å²) < 4.78 is 33.2. The van der Waals surface area contributed by atoms with Crippen molar-refractivity contribution in [2.45, 2.75) is 25.0 Å². The van der Waals surface area contributed by atoms with Gasteiger partial charge < -0.3 is 5.11 Å². The molecule has 0 amide bonds. The lowest BCUT2D eigenvalue weighted by molar-refractivity contribution is 0.142.